The van der Waals surface area contributed by atoms with Crippen LogP contribution in [0.5, 0.6) is 5.75 Å². The molecule has 3 rings (SSSR count). The number of hydrogen-bond donors (Lipinski definition) is 2. The Kier molecular flexibility index (Phi) is 5.81. The van der Waals surface area contributed by atoms with E-state index in [9.17, 15) is 9.90 Å². The van der Waals surface area contributed by atoms with Crippen molar-refractivity contribution in [3.05, 3.63) is 29.3 Å². The summed E-state index contributed by atoms with van der Waals surface area (Å²) in [6.45, 7) is 4.20. The third kappa shape index (κ3) is 4.53. The molecule has 1 aromatic rings. The summed E-state index contributed by atoms with van der Waals surface area (Å²) < 4.78 is 5.58. The number of aliphatic hydroxyl groups is 1. The van der Waals surface area contributed by atoms with Crippen LogP contribution < -0.4 is 10.1 Å². The fourth-order valence-corrected chi connectivity index (χ4v) is 3.45. The van der Waals surface area contributed by atoms with Crippen LogP contribution in [-0.4, -0.2) is 72.4 Å². The molecule has 0 spiro atoms. The van der Waals surface area contributed by atoms with Crippen molar-refractivity contribution in [2.45, 2.75) is 25.0 Å². The van der Waals surface area contributed by atoms with E-state index in [0.717, 1.165) is 39.0 Å². The van der Waals surface area contributed by atoms with Gasteiger partial charge in [0.1, 0.15) is 18.5 Å². The van der Waals surface area contributed by atoms with Crippen LogP contribution in [0.2, 0.25) is 5.02 Å². The largest absolute Gasteiger partial charge is 0.491 e. The smallest absolute Gasteiger partial charge is 0.317 e. The topological polar surface area (TPSA) is 65.0 Å². The van der Waals surface area contributed by atoms with E-state index < -0.39 is 6.10 Å². The van der Waals surface area contributed by atoms with Crippen LogP contribution >= 0.6 is 11.6 Å². The minimum absolute atomic E-state index is 0.0600. The number of likely N-dealkylation sites (tertiary alicyclic amines) is 1. The maximum atomic E-state index is 11.7. The Morgan fingerprint density at radius 3 is 2.58 bits per heavy atom. The standard InChI is InChI=1S/C17H24ClN3O3/c18-13-1-3-16(4-2-13)24-12-15(22)11-20-8-5-14(6-9-20)21-10-7-19-17(21)23/h1-4,14-15,22H,5-12H2,(H,19,23)/t15-/m0/s1. The number of halogens is 1. The van der Waals surface area contributed by atoms with Crippen LogP contribution in [0.4, 0.5) is 4.79 Å². The first-order chi connectivity index (χ1) is 11.6. The van der Waals surface area contributed by atoms with Gasteiger partial charge < -0.3 is 25.0 Å². The number of nitrogens with one attached hydrogen (secondary N) is 1. The lowest BCUT2D eigenvalue weighted by atomic mass is 10.0. The Morgan fingerprint density at radius 1 is 1.25 bits per heavy atom. The molecule has 2 fully saturated rings. The number of rotatable bonds is 6. The van der Waals surface area contributed by atoms with Gasteiger partial charge in [-0.2, -0.15) is 0 Å². The molecule has 1 aromatic carbocycles. The number of carbonyl (C=O) groups is 1. The van der Waals surface area contributed by atoms with Crippen LogP contribution in [0, 0.1) is 0 Å². The van der Waals surface area contributed by atoms with Crippen molar-refractivity contribution in [3.63, 3.8) is 0 Å². The van der Waals surface area contributed by atoms with Crippen molar-refractivity contribution < 1.29 is 14.6 Å². The highest BCUT2D eigenvalue weighted by molar-refractivity contribution is 6.30. The van der Waals surface area contributed by atoms with E-state index in [4.69, 9.17) is 16.3 Å². The molecular weight excluding hydrogens is 330 g/mol. The van der Waals surface area contributed by atoms with E-state index in [1.54, 1.807) is 24.3 Å². The van der Waals surface area contributed by atoms with Crippen LogP contribution in [0.15, 0.2) is 24.3 Å². The van der Waals surface area contributed by atoms with E-state index in [1.165, 1.54) is 0 Å². The lowest BCUT2D eigenvalue weighted by Gasteiger charge is -2.36. The minimum atomic E-state index is -0.535. The van der Waals surface area contributed by atoms with Crippen molar-refractivity contribution in [3.8, 4) is 5.75 Å². The van der Waals surface area contributed by atoms with E-state index in [-0.39, 0.29) is 12.6 Å². The third-order valence-corrected chi connectivity index (χ3v) is 4.86. The first-order valence-electron chi connectivity index (χ1n) is 8.45. The summed E-state index contributed by atoms with van der Waals surface area (Å²) in [5.74, 6) is 0.706. The molecule has 7 heteroatoms. The van der Waals surface area contributed by atoms with Gasteiger partial charge in [0.05, 0.1) is 0 Å². The van der Waals surface area contributed by atoms with Gasteiger partial charge in [-0.05, 0) is 37.1 Å². The lowest BCUT2D eigenvalue weighted by Crippen LogP contribution is -2.48. The molecule has 1 atom stereocenters. The predicted molar refractivity (Wildman–Crippen MR) is 92.5 cm³/mol. The highest BCUT2D eigenvalue weighted by Crippen LogP contribution is 2.19. The molecule has 2 aliphatic rings. The summed E-state index contributed by atoms with van der Waals surface area (Å²) in [5.41, 5.74) is 0. The van der Waals surface area contributed by atoms with Gasteiger partial charge >= 0.3 is 6.03 Å². The normalized spacial score (nSPS) is 20.9. The van der Waals surface area contributed by atoms with Crippen molar-refractivity contribution in [1.82, 2.24) is 15.1 Å². The molecule has 0 saturated carbocycles. The number of ether oxygens (including phenoxy) is 1. The van der Waals surface area contributed by atoms with E-state index in [2.05, 4.69) is 10.2 Å². The number of aliphatic hydroxyl groups excluding tert-OH is 1. The number of urea groups is 1. The fraction of sp³-hybridized carbons (Fsp3) is 0.588. The Bertz CT molecular complexity index is 547. The molecule has 132 valence electrons. The highest BCUT2D eigenvalue weighted by Gasteiger charge is 2.30. The van der Waals surface area contributed by atoms with Gasteiger partial charge in [-0.15, -0.1) is 0 Å². The average Bonchev–Trinajstić information content (AvgIpc) is 3.01. The minimum Gasteiger partial charge on any atom is -0.491 e. The number of hydrogen-bond acceptors (Lipinski definition) is 4. The Morgan fingerprint density at radius 2 is 1.96 bits per heavy atom. The van der Waals surface area contributed by atoms with Gasteiger partial charge in [0.25, 0.3) is 0 Å². The first-order valence-corrected chi connectivity index (χ1v) is 8.83. The van der Waals surface area contributed by atoms with Crippen molar-refractivity contribution in [2.75, 3.05) is 39.3 Å². The number of nitrogens with zero attached hydrogens (tertiary/aromatic N) is 2. The molecule has 2 N–H and O–H groups in total. The van der Waals surface area contributed by atoms with Crippen LogP contribution in [-0.2, 0) is 0 Å². The second-order valence-electron chi connectivity index (χ2n) is 6.38. The third-order valence-electron chi connectivity index (χ3n) is 4.61. The van der Waals surface area contributed by atoms with E-state index in [0.29, 0.717) is 23.4 Å². The molecule has 0 bridgehead atoms. The zero-order valence-corrected chi connectivity index (χ0v) is 14.4. The lowest BCUT2D eigenvalue weighted by molar-refractivity contribution is 0.0508. The summed E-state index contributed by atoms with van der Waals surface area (Å²) in [6, 6.07) is 7.50. The monoisotopic (exact) mass is 353 g/mol. The van der Waals surface area contributed by atoms with Crippen molar-refractivity contribution in [2.24, 2.45) is 0 Å². The Labute approximate surface area is 147 Å². The number of benzene rings is 1. The van der Waals surface area contributed by atoms with E-state index >= 15 is 0 Å². The Hall–Kier alpha value is -1.50. The molecule has 2 aliphatic heterocycles. The Balaban J connectivity index is 1.37. The second kappa shape index (κ2) is 8.05. The number of piperidine rings is 1. The molecule has 2 amide bonds. The molecule has 6 nitrogen and oxygen atoms in total. The number of carbonyl (C=O) groups excluding carboxylic acids is 1. The van der Waals surface area contributed by atoms with E-state index in [1.807, 2.05) is 4.90 Å². The molecule has 2 saturated heterocycles. The maximum absolute atomic E-state index is 11.7. The zero-order chi connectivity index (χ0) is 16.9. The van der Waals surface area contributed by atoms with Gasteiger partial charge in [0.2, 0.25) is 0 Å². The quantitative estimate of drug-likeness (QED) is 0.814. The van der Waals surface area contributed by atoms with Crippen LogP contribution in [0.25, 0.3) is 0 Å². The number of β-amino-alcohol motifs (C(OH)–C–C–N with tert-alkyl or cyclic N) is 1. The van der Waals surface area contributed by atoms with Gasteiger partial charge in [-0.1, -0.05) is 11.6 Å². The summed E-state index contributed by atoms with van der Waals surface area (Å²) in [7, 11) is 0. The first kappa shape index (κ1) is 17.3. The highest BCUT2D eigenvalue weighted by atomic mass is 35.5. The van der Waals surface area contributed by atoms with Crippen LogP contribution in [0.1, 0.15) is 12.8 Å². The fourth-order valence-electron chi connectivity index (χ4n) is 3.32. The molecule has 0 radical (unpaired) electrons. The zero-order valence-electron chi connectivity index (χ0n) is 13.7. The molecule has 24 heavy (non-hydrogen) atoms. The molecular formula is C17H24ClN3O3. The van der Waals surface area contributed by atoms with Gasteiger partial charge in [0, 0.05) is 43.8 Å². The van der Waals surface area contributed by atoms with Gasteiger partial charge in [-0.25, -0.2) is 4.79 Å². The molecule has 2 heterocycles. The average molecular weight is 354 g/mol. The molecule has 0 aliphatic carbocycles. The second-order valence-corrected chi connectivity index (χ2v) is 6.81. The number of amides is 2. The van der Waals surface area contributed by atoms with Crippen molar-refractivity contribution >= 4 is 17.6 Å². The summed E-state index contributed by atoms with van der Waals surface area (Å²) in [5, 5.41) is 13.7. The van der Waals surface area contributed by atoms with Gasteiger partial charge in [-0.3, -0.25) is 0 Å². The summed E-state index contributed by atoms with van der Waals surface area (Å²) in [6.07, 6.45) is 1.38. The summed E-state index contributed by atoms with van der Waals surface area (Å²) >= 11 is 5.83. The van der Waals surface area contributed by atoms with Gasteiger partial charge in [0.15, 0.2) is 0 Å². The van der Waals surface area contributed by atoms with Crippen LogP contribution in [0.3, 0.4) is 0 Å². The van der Waals surface area contributed by atoms with Crippen molar-refractivity contribution in [1.29, 1.82) is 0 Å². The summed E-state index contributed by atoms with van der Waals surface area (Å²) in [4.78, 5) is 15.9. The SMILES string of the molecule is O=C1NCCN1C1CCN(C[C@H](O)COc2ccc(Cl)cc2)CC1. The molecule has 0 unspecified atom stereocenters. The molecule has 0 aromatic heterocycles. The predicted octanol–water partition coefficient (Wildman–Crippen LogP) is 1.57. The maximum Gasteiger partial charge on any atom is 0.317 e.